The Morgan fingerprint density at radius 3 is 1.41 bits per heavy atom. The van der Waals surface area contributed by atoms with E-state index in [1.165, 1.54) is 56.6 Å². The summed E-state index contributed by atoms with van der Waals surface area (Å²) < 4.78 is 0. The zero-order valence-electron chi connectivity index (χ0n) is 18.3. The molecule has 0 amide bonds. The van der Waals surface area contributed by atoms with Crippen LogP contribution >= 0.6 is 23.2 Å². The van der Waals surface area contributed by atoms with Crippen LogP contribution in [-0.4, -0.2) is 8.07 Å². The molecule has 0 nitrogen and oxygen atoms in total. The van der Waals surface area contributed by atoms with E-state index >= 15 is 0 Å². The van der Waals surface area contributed by atoms with Crippen LogP contribution in [0.3, 0.4) is 0 Å². The minimum atomic E-state index is -1.92. The summed E-state index contributed by atoms with van der Waals surface area (Å²) in [5.41, 5.74) is 11.7. The zero-order chi connectivity index (χ0) is 21.1. The van der Waals surface area contributed by atoms with Gasteiger partial charge >= 0.3 is 0 Å². The molecule has 0 aromatic heterocycles. The summed E-state index contributed by atoms with van der Waals surface area (Å²) in [7, 11) is -1.92. The summed E-state index contributed by atoms with van der Waals surface area (Å²) in [5.74, 6) is 0. The number of halogens is 2. The second kappa shape index (κ2) is 7.44. The van der Waals surface area contributed by atoms with E-state index in [1.807, 2.05) is 0 Å². The predicted octanol–water partition coefficient (Wildman–Crippen LogP) is 8.70. The Labute approximate surface area is 186 Å². The van der Waals surface area contributed by atoms with Crippen LogP contribution in [0.25, 0.3) is 10.1 Å². The van der Waals surface area contributed by atoms with Crippen LogP contribution in [-0.2, 0) is 0 Å². The van der Waals surface area contributed by atoms with Gasteiger partial charge in [0.1, 0.15) is 0 Å². The second-order valence-corrected chi connectivity index (χ2v) is 14.7. The topological polar surface area (TPSA) is 0 Å². The lowest BCUT2D eigenvalue weighted by atomic mass is 10.0. The van der Waals surface area contributed by atoms with Crippen molar-refractivity contribution < 1.29 is 0 Å². The Bertz CT molecular complexity index is 975. The van der Waals surface area contributed by atoms with E-state index < -0.39 is 8.07 Å². The molecular weight excluding hydrogens is 411 g/mol. The number of fused-ring (bicyclic) bond motifs is 2. The molecule has 2 aliphatic carbocycles. The van der Waals surface area contributed by atoms with Crippen molar-refractivity contribution >= 4 is 41.3 Å². The second-order valence-electron chi connectivity index (χ2n) is 8.88. The highest BCUT2D eigenvalue weighted by atomic mass is 35.5. The fourth-order valence-electron chi connectivity index (χ4n) is 6.29. The van der Waals surface area contributed by atoms with Gasteiger partial charge < -0.3 is 0 Å². The molecule has 0 saturated heterocycles. The molecule has 0 spiro atoms. The first-order valence-corrected chi connectivity index (χ1v) is 14.0. The molecule has 0 saturated carbocycles. The average Bonchev–Trinajstić information content (AvgIpc) is 3.12. The molecule has 0 radical (unpaired) electrons. The largest absolute Gasteiger partial charge is 0.0837 e. The van der Waals surface area contributed by atoms with Gasteiger partial charge in [-0.05, 0) is 72.2 Å². The Hall–Kier alpha value is -1.28. The van der Waals surface area contributed by atoms with Crippen molar-refractivity contribution in [2.75, 3.05) is 0 Å². The molecule has 152 valence electrons. The highest BCUT2D eigenvalue weighted by Gasteiger charge is 2.53. The van der Waals surface area contributed by atoms with Gasteiger partial charge in [0.2, 0.25) is 0 Å². The van der Waals surface area contributed by atoms with Gasteiger partial charge in [0.05, 0.1) is 8.07 Å². The molecule has 0 heterocycles. The van der Waals surface area contributed by atoms with Crippen molar-refractivity contribution in [3.05, 3.63) is 80.9 Å². The number of hydrogen-bond acceptors (Lipinski definition) is 0. The van der Waals surface area contributed by atoms with Crippen LogP contribution in [0.1, 0.15) is 72.2 Å². The zero-order valence-corrected chi connectivity index (χ0v) is 20.8. The molecule has 2 unspecified atom stereocenters. The highest BCUT2D eigenvalue weighted by molar-refractivity contribution is 6.84. The lowest BCUT2D eigenvalue weighted by molar-refractivity contribution is 0.913. The van der Waals surface area contributed by atoms with Crippen LogP contribution < -0.4 is 0 Å². The van der Waals surface area contributed by atoms with E-state index in [1.54, 1.807) is 0 Å². The van der Waals surface area contributed by atoms with Crippen LogP contribution in [0.2, 0.25) is 12.1 Å². The normalized spacial score (nSPS) is 21.1. The molecule has 0 bridgehead atoms. The molecule has 4 rings (SSSR count). The molecule has 3 heteroatoms. The third-order valence-corrected chi connectivity index (χ3v) is 15.1. The Kier molecular flexibility index (Phi) is 5.38. The third kappa shape index (κ3) is 2.77. The minimum Gasteiger partial charge on any atom is -0.0837 e. The van der Waals surface area contributed by atoms with Gasteiger partial charge in [-0.2, -0.15) is 0 Å². The molecule has 0 N–H and O–H groups in total. The molecule has 0 fully saturated rings. The van der Waals surface area contributed by atoms with Crippen molar-refractivity contribution in [3.63, 3.8) is 0 Å². The van der Waals surface area contributed by atoms with Crippen molar-refractivity contribution in [1.29, 1.82) is 0 Å². The highest BCUT2D eigenvalue weighted by Crippen LogP contribution is 2.59. The predicted molar refractivity (Wildman–Crippen MR) is 131 cm³/mol. The van der Waals surface area contributed by atoms with Crippen LogP contribution in [0, 0.1) is 13.8 Å². The molecule has 2 aromatic carbocycles. The van der Waals surface area contributed by atoms with Gasteiger partial charge in [-0.3, -0.25) is 0 Å². The number of hydrogen-bond donors (Lipinski definition) is 0. The van der Waals surface area contributed by atoms with E-state index in [4.69, 9.17) is 23.2 Å². The van der Waals surface area contributed by atoms with Gasteiger partial charge in [-0.25, -0.2) is 0 Å². The summed E-state index contributed by atoms with van der Waals surface area (Å²) in [4.78, 5) is 0. The van der Waals surface area contributed by atoms with Gasteiger partial charge in [-0.1, -0.05) is 85.5 Å². The van der Waals surface area contributed by atoms with Crippen molar-refractivity contribution in [1.82, 2.24) is 0 Å². The Morgan fingerprint density at radius 1 is 0.690 bits per heavy atom. The van der Waals surface area contributed by atoms with Crippen LogP contribution in [0.5, 0.6) is 0 Å². The van der Waals surface area contributed by atoms with Crippen LogP contribution in [0.4, 0.5) is 0 Å². The van der Waals surface area contributed by atoms with Gasteiger partial charge in [0, 0.05) is 21.1 Å². The fourth-order valence-corrected chi connectivity index (χ4v) is 13.4. The summed E-state index contributed by atoms with van der Waals surface area (Å²) >= 11 is 13.9. The van der Waals surface area contributed by atoms with Crippen LogP contribution in [0.15, 0.2) is 47.5 Å². The standard InChI is InChI=1S/C26H30Cl2Si/c1-7-29(8-2,25-17(5)23(27)21-15(3)11-9-13-19(21)25)26-18(6)24(28)22-16(4)12-10-14-20(22)26/h9-14,25-26H,7-8H2,1-6H3. The van der Waals surface area contributed by atoms with Gasteiger partial charge in [0.15, 0.2) is 0 Å². The molecular formula is C26H30Cl2Si. The maximum Gasteiger partial charge on any atom is 0.0777 e. The molecule has 2 aliphatic rings. The Morgan fingerprint density at radius 2 is 1.07 bits per heavy atom. The van der Waals surface area contributed by atoms with E-state index in [9.17, 15) is 0 Å². The summed E-state index contributed by atoms with van der Waals surface area (Å²) in [6.45, 7) is 13.7. The fraction of sp³-hybridized carbons (Fsp3) is 0.385. The van der Waals surface area contributed by atoms with Gasteiger partial charge in [-0.15, -0.1) is 0 Å². The van der Waals surface area contributed by atoms with Crippen molar-refractivity contribution in [2.24, 2.45) is 0 Å². The van der Waals surface area contributed by atoms with Crippen molar-refractivity contribution in [3.8, 4) is 0 Å². The number of allylic oxidation sites excluding steroid dienone is 2. The minimum absolute atomic E-state index is 0.441. The molecule has 2 atom stereocenters. The maximum atomic E-state index is 6.97. The molecule has 2 aromatic rings. The average molecular weight is 442 g/mol. The van der Waals surface area contributed by atoms with E-state index in [0.29, 0.717) is 11.1 Å². The van der Waals surface area contributed by atoms with Crippen molar-refractivity contribution in [2.45, 2.75) is 64.7 Å². The molecule has 0 aliphatic heterocycles. The SMILES string of the molecule is CC[Si](CC)(C1C(C)=C(Cl)c2c(C)cccc21)C1C(C)=C(Cl)c2c(C)cccc21. The Balaban J connectivity index is 2.00. The van der Waals surface area contributed by atoms with E-state index in [0.717, 1.165) is 10.1 Å². The monoisotopic (exact) mass is 440 g/mol. The first kappa shape index (κ1) is 21.0. The van der Waals surface area contributed by atoms with E-state index in [2.05, 4.69) is 77.9 Å². The maximum absolute atomic E-state index is 6.97. The first-order valence-electron chi connectivity index (χ1n) is 10.7. The number of aryl methyl sites for hydroxylation is 2. The van der Waals surface area contributed by atoms with Gasteiger partial charge in [0.25, 0.3) is 0 Å². The quantitative estimate of drug-likeness (QED) is 0.416. The number of rotatable bonds is 4. The summed E-state index contributed by atoms with van der Waals surface area (Å²) in [5, 5.41) is 1.97. The third-order valence-electron chi connectivity index (χ3n) is 7.70. The first-order chi connectivity index (χ1) is 13.8. The number of benzene rings is 2. The summed E-state index contributed by atoms with van der Waals surface area (Å²) in [6, 6.07) is 15.9. The summed E-state index contributed by atoms with van der Waals surface area (Å²) in [6.07, 6.45) is 0. The lowest BCUT2D eigenvalue weighted by Crippen LogP contribution is -2.47. The molecule has 29 heavy (non-hydrogen) atoms. The van der Waals surface area contributed by atoms with E-state index in [-0.39, 0.29) is 0 Å². The smallest absolute Gasteiger partial charge is 0.0777 e. The lowest BCUT2D eigenvalue weighted by Gasteiger charge is -2.43.